The Morgan fingerprint density at radius 1 is 1.22 bits per heavy atom. The summed E-state index contributed by atoms with van der Waals surface area (Å²) in [4.78, 5) is 18.9. The van der Waals surface area contributed by atoms with Crippen molar-refractivity contribution < 1.29 is 19.4 Å². The molecule has 0 radical (unpaired) electrons. The molecule has 3 aliphatic rings. The second-order valence-electron chi connectivity index (χ2n) is 10.5. The van der Waals surface area contributed by atoms with Crippen LogP contribution in [0.3, 0.4) is 0 Å². The van der Waals surface area contributed by atoms with Crippen molar-refractivity contribution in [2.45, 2.75) is 82.4 Å². The van der Waals surface area contributed by atoms with E-state index in [-0.39, 0.29) is 12.1 Å². The first-order valence-corrected chi connectivity index (χ1v) is 13.8. The molecule has 0 spiro atoms. The molecule has 2 fully saturated rings. The fourth-order valence-corrected chi connectivity index (χ4v) is 5.62. The summed E-state index contributed by atoms with van der Waals surface area (Å²) in [6.07, 6.45) is 12.3. The molecule has 1 aliphatic heterocycles. The molecule has 0 bridgehead atoms. The summed E-state index contributed by atoms with van der Waals surface area (Å²) in [6.45, 7) is 3.30. The number of aromatic nitrogens is 1. The first-order chi connectivity index (χ1) is 18.0. The average molecular weight is 506 g/mol. The molecule has 2 aromatic rings. The molecule has 0 saturated heterocycles. The van der Waals surface area contributed by atoms with Gasteiger partial charge in [0.15, 0.2) is 0 Å². The molecule has 37 heavy (non-hydrogen) atoms. The number of ether oxygens (including phenoxy) is 2. The van der Waals surface area contributed by atoms with E-state index < -0.39 is 12.0 Å². The summed E-state index contributed by atoms with van der Waals surface area (Å²) in [5, 5.41) is 13.7. The molecule has 2 N–H and O–H groups in total. The maximum atomic E-state index is 12.4. The van der Waals surface area contributed by atoms with Crippen molar-refractivity contribution >= 4 is 11.8 Å². The fraction of sp³-hybridized carbons (Fsp3) is 0.533. The van der Waals surface area contributed by atoms with Gasteiger partial charge in [-0.1, -0.05) is 24.3 Å². The van der Waals surface area contributed by atoms with Gasteiger partial charge in [0, 0.05) is 30.1 Å². The molecule has 5 rings (SSSR count). The minimum atomic E-state index is -0.800. The number of likely N-dealkylation sites (N-methyl/N-ethyl adjacent to an activating group) is 1. The molecule has 7 heteroatoms. The van der Waals surface area contributed by atoms with E-state index in [0.717, 1.165) is 80.7 Å². The van der Waals surface area contributed by atoms with Crippen LogP contribution in [0.15, 0.2) is 48.3 Å². The van der Waals surface area contributed by atoms with E-state index in [1.165, 1.54) is 11.3 Å². The van der Waals surface area contributed by atoms with Crippen molar-refractivity contribution in [3.63, 3.8) is 0 Å². The maximum absolute atomic E-state index is 12.4. The van der Waals surface area contributed by atoms with Crippen molar-refractivity contribution in [2.75, 3.05) is 25.6 Å². The number of nitrogens with one attached hydrogen (secondary N) is 1. The zero-order valence-corrected chi connectivity index (χ0v) is 22.0. The second kappa shape index (κ2) is 11.7. The lowest BCUT2D eigenvalue weighted by atomic mass is 9.85. The standard InChI is InChI=1S/C30H39N3O4/c1-3-36-26-11-6-10-25(27(26)20-12-13-20)28(30(34)35)33(2)23-18-24(19-23)37-17-5-4-9-22-15-14-21-8-7-16-31-29(21)32-22/h6-8,10-11,15-16,20,23-24,28H,3-5,9,12-14,17-19H2,1-2H3,(H,31,32)(H,34,35)/t23?,24?,28-/m1/s1. The van der Waals surface area contributed by atoms with Gasteiger partial charge in [-0.05, 0) is 94.5 Å². The largest absolute Gasteiger partial charge is 0.494 e. The van der Waals surface area contributed by atoms with Crippen molar-refractivity contribution in [3.8, 4) is 5.75 Å². The Labute approximate surface area is 219 Å². The number of pyridine rings is 1. The molecule has 2 saturated carbocycles. The fourth-order valence-electron chi connectivity index (χ4n) is 5.62. The number of hydrogen-bond donors (Lipinski definition) is 2. The Morgan fingerprint density at radius 3 is 2.81 bits per heavy atom. The van der Waals surface area contributed by atoms with Crippen LogP contribution in [-0.2, 0) is 16.0 Å². The quantitative estimate of drug-likeness (QED) is 0.339. The number of unbranched alkanes of at least 4 members (excludes halogenated alkanes) is 1. The second-order valence-corrected chi connectivity index (χ2v) is 10.5. The van der Waals surface area contributed by atoms with E-state index in [4.69, 9.17) is 9.47 Å². The van der Waals surface area contributed by atoms with Crippen LogP contribution in [0.25, 0.3) is 0 Å². The average Bonchev–Trinajstić information content (AvgIpc) is 3.70. The number of benzene rings is 1. The van der Waals surface area contributed by atoms with Crippen LogP contribution in [0.5, 0.6) is 5.75 Å². The topological polar surface area (TPSA) is 83.9 Å². The highest BCUT2D eigenvalue weighted by Crippen LogP contribution is 2.48. The Hall–Kier alpha value is -2.90. The third kappa shape index (κ3) is 5.99. The predicted molar refractivity (Wildman–Crippen MR) is 144 cm³/mol. The Kier molecular flexibility index (Phi) is 8.11. The first kappa shape index (κ1) is 25.7. The molecule has 2 heterocycles. The molecule has 2 aliphatic carbocycles. The lowest BCUT2D eigenvalue weighted by Crippen LogP contribution is -2.49. The third-order valence-corrected chi connectivity index (χ3v) is 7.90. The van der Waals surface area contributed by atoms with E-state index in [1.807, 2.05) is 49.3 Å². The third-order valence-electron chi connectivity index (χ3n) is 7.90. The van der Waals surface area contributed by atoms with Crippen LogP contribution in [0.4, 0.5) is 5.82 Å². The zero-order valence-electron chi connectivity index (χ0n) is 22.0. The van der Waals surface area contributed by atoms with Gasteiger partial charge in [-0.3, -0.25) is 9.69 Å². The van der Waals surface area contributed by atoms with Crippen LogP contribution < -0.4 is 10.1 Å². The number of anilines is 1. The number of nitrogens with zero attached hydrogens (tertiary/aromatic N) is 2. The van der Waals surface area contributed by atoms with Crippen molar-refractivity contribution in [3.05, 3.63) is 65.0 Å². The minimum absolute atomic E-state index is 0.207. The highest BCUT2D eigenvalue weighted by Gasteiger charge is 2.41. The van der Waals surface area contributed by atoms with Gasteiger partial charge in [-0.15, -0.1) is 0 Å². The molecular weight excluding hydrogens is 466 g/mol. The number of carboxylic acid groups (broad SMARTS) is 1. The Bertz CT molecular complexity index is 1120. The van der Waals surface area contributed by atoms with E-state index in [0.29, 0.717) is 12.5 Å². The maximum Gasteiger partial charge on any atom is 0.325 e. The summed E-state index contributed by atoms with van der Waals surface area (Å²) >= 11 is 0. The summed E-state index contributed by atoms with van der Waals surface area (Å²) in [7, 11) is 1.95. The van der Waals surface area contributed by atoms with Crippen molar-refractivity contribution in [2.24, 2.45) is 0 Å². The molecule has 0 amide bonds. The van der Waals surface area contributed by atoms with Gasteiger partial charge in [0.05, 0.1) is 12.7 Å². The van der Waals surface area contributed by atoms with Gasteiger partial charge in [0.25, 0.3) is 0 Å². The zero-order chi connectivity index (χ0) is 25.8. The van der Waals surface area contributed by atoms with E-state index in [2.05, 4.69) is 22.4 Å². The lowest BCUT2D eigenvalue weighted by Gasteiger charge is -2.43. The monoisotopic (exact) mass is 505 g/mol. The molecule has 1 aromatic carbocycles. The van der Waals surface area contributed by atoms with Gasteiger partial charge in [0.1, 0.15) is 17.6 Å². The Balaban J connectivity index is 1.08. The van der Waals surface area contributed by atoms with Crippen LogP contribution in [0, 0.1) is 0 Å². The van der Waals surface area contributed by atoms with Crippen molar-refractivity contribution in [1.82, 2.24) is 9.88 Å². The van der Waals surface area contributed by atoms with Gasteiger partial charge in [-0.25, -0.2) is 4.98 Å². The number of aliphatic carboxylic acids is 1. The van der Waals surface area contributed by atoms with Crippen molar-refractivity contribution in [1.29, 1.82) is 0 Å². The molecular formula is C30H39N3O4. The SMILES string of the molecule is CCOc1cccc([C@H](C(=O)O)N(C)C2CC(OCCCCC3=CCc4cccnc4N3)C2)c1C1CC1. The number of allylic oxidation sites excluding steroid dienone is 2. The highest BCUT2D eigenvalue weighted by molar-refractivity contribution is 5.77. The number of carboxylic acids is 1. The van der Waals surface area contributed by atoms with Crippen LogP contribution in [-0.4, -0.2) is 53.4 Å². The lowest BCUT2D eigenvalue weighted by molar-refractivity contribution is -0.146. The van der Waals surface area contributed by atoms with Crippen LogP contribution >= 0.6 is 0 Å². The molecule has 1 atom stereocenters. The summed E-state index contributed by atoms with van der Waals surface area (Å²) < 4.78 is 12.0. The van der Waals surface area contributed by atoms with Gasteiger partial charge in [0.2, 0.25) is 0 Å². The number of fused-ring (bicyclic) bond motifs is 1. The van der Waals surface area contributed by atoms with E-state index in [9.17, 15) is 9.90 Å². The molecule has 1 aromatic heterocycles. The Morgan fingerprint density at radius 2 is 2.05 bits per heavy atom. The van der Waals surface area contributed by atoms with Gasteiger partial charge in [-0.2, -0.15) is 0 Å². The predicted octanol–water partition coefficient (Wildman–Crippen LogP) is 5.69. The number of carbonyl (C=O) groups is 1. The highest BCUT2D eigenvalue weighted by atomic mass is 16.5. The first-order valence-electron chi connectivity index (χ1n) is 13.8. The van der Waals surface area contributed by atoms with Gasteiger partial charge >= 0.3 is 5.97 Å². The van der Waals surface area contributed by atoms with E-state index >= 15 is 0 Å². The number of rotatable bonds is 13. The normalized spacial score (nSPS) is 21.4. The number of hydrogen-bond acceptors (Lipinski definition) is 6. The van der Waals surface area contributed by atoms with Crippen LogP contribution in [0.1, 0.15) is 80.5 Å². The summed E-state index contributed by atoms with van der Waals surface area (Å²) in [5.74, 6) is 1.44. The molecule has 7 nitrogen and oxygen atoms in total. The van der Waals surface area contributed by atoms with Crippen LogP contribution in [0.2, 0.25) is 0 Å². The van der Waals surface area contributed by atoms with E-state index in [1.54, 1.807) is 0 Å². The summed E-state index contributed by atoms with van der Waals surface area (Å²) in [5.41, 5.74) is 4.47. The minimum Gasteiger partial charge on any atom is -0.494 e. The molecule has 0 unspecified atom stereocenters. The summed E-state index contributed by atoms with van der Waals surface area (Å²) in [6, 6.07) is 9.51. The smallest absolute Gasteiger partial charge is 0.325 e. The van der Waals surface area contributed by atoms with Gasteiger partial charge < -0.3 is 19.9 Å². The molecule has 198 valence electrons.